The van der Waals surface area contributed by atoms with E-state index in [1.54, 1.807) is 0 Å². The minimum Gasteiger partial charge on any atom is -0.416 e. The maximum absolute atomic E-state index is 13.4. The average Bonchev–Trinajstić information content (AvgIpc) is 3.24. The molecule has 0 fully saturated rings. The van der Waals surface area contributed by atoms with E-state index in [4.69, 9.17) is 4.42 Å². The van der Waals surface area contributed by atoms with Crippen molar-refractivity contribution in [3.8, 4) is 22.9 Å². The van der Waals surface area contributed by atoms with Crippen LogP contribution in [-0.4, -0.2) is 14.8 Å². The molecule has 0 bridgehead atoms. The molecule has 0 unspecified atom stereocenters. The first-order chi connectivity index (χ1) is 12.2. The summed E-state index contributed by atoms with van der Waals surface area (Å²) in [7, 11) is 0. The lowest BCUT2D eigenvalue weighted by Crippen LogP contribution is -2.05. The van der Waals surface area contributed by atoms with E-state index in [0.717, 1.165) is 42.5 Å². The highest BCUT2D eigenvalue weighted by Gasteiger charge is 2.20. The van der Waals surface area contributed by atoms with Gasteiger partial charge in [0.1, 0.15) is 0 Å². The summed E-state index contributed by atoms with van der Waals surface area (Å²) in [6.07, 6.45) is 4.19. The zero-order valence-electron chi connectivity index (χ0n) is 13.2. The number of rotatable bonds is 2. The minimum atomic E-state index is -0.940. The largest absolute Gasteiger partial charge is 0.416 e. The zero-order valence-corrected chi connectivity index (χ0v) is 13.2. The number of halogens is 2. The van der Waals surface area contributed by atoms with Crippen molar-refractivity contribution in [3.63, 3.8) is 0 Å². The number of nitrogens with zero attached hydrogens (tertiary/aromatic N) is 3. The smallest absolute Gasteiger partial charge is 0.250 e. The summed E-state index contributed by atoms with van der Waals surface area (Å²) >= 11 is 0. The fraction of sp³-hybridized carbons (Fsp3) is 0.158. The number of aromatic nitrogens is 3. The highest BCUT2D eigenvalue weighted by atomic mass is 19.2. The second-order valence-electron chi connectivity index (χ2n) is 6.19. The number of aryl methyl sites for hydroxylation is 2. The van der Waals surface area contributed by atoms with E-state index in [0.29, 0.717) is 11.5 Å². The fourth-order valence-electron chi connectivity index (χ4n) is 3.50. The Balaban J connectivity index is 1.64. The fourth-order valence-corrected chi connectivity index (χ4v) is 3.50. The lowest BCUT2D eigenvalue weighted by molar-refractivity contribution is 0.508. The van der Waals surface area contributed by atoms with Crippen molar-refractivity contribution in [3.05, 3.63) is 59.8 Å². The second-order valence-corrected chi connectivity index (χ2v) is 6.19. The first-order valence-corrected chi connectivity index (χ1v) is 8.11. The number of hydrogen-bond acceptors (Lipinski definition) is 3. The van der Waals surface area contributed by atoms with Gasteiger partial charge in [0.15, 0.2) is 11.6 Å². The third-order valence-corrected chi connectivity index (χ3v) is 4.65. The van der Waals surface area contributed by atoms with E-state index in [1.807, 2.05) is 18.3 Å². The Kier molecular flexibility index (Phi) is 3.00. The van der Waals surface area contributed by atoms with Crippen molar-refractivity contribution in [2.24, 2.45) is 0 Å². The lowest BCUT2D eigenvalue weighted by Gasteiger charge is -2.14. The van der Waals surface area contributed by atoms with Crippen LogP contribution in [0.15, 0.2) is 47.0 Å². The molecule has 124 valence electrons. The summed E-state index contributed by atoms with van der Waals surface area (Å²) in [4.78, 5) is 0. The van der Waals surface area contributed by atoms with Gasteiger partial charge in [0, 0.05) is 23.7 Å². The Morgan fingerprint density at radius 1 is 1.00 bits per heavy atom. The average molecular weight is 337 g/mol. The molecule has 1 aliphatic rings. The Morgan fingerprint density at radius 2 is 1.88 bits per heavy atom. The molecule has 2 aromatic heterocycles. The summed E-state index contributed by atoms with van der Waals surface area (Å²) in [6.45, 7) is 0.956. The van der Waals surface area contributed by atoms with E-state index in [2.05, 4.69) is 20.8 Å². The molecule has 6 heteroatoms. The van der Waals surface area contributed by atoms with Crippen LogP contribution in [0.5, 0.6) is 0 Å². The summed E-state index contributed by atoms with van der Waals surface area (Å²) in [5.74, 6) is -1.30. The minimum absolute atomic E-state index is 0.167. The van der Waals surface area contributed by atoms with E-state index in [1.165, 1.54) is 17.1 Å². The first-order valence-electron chi connectivity index (χ1n) is 8.11. The molecule has 0 amide bonds. The number of benzene rings is 2. The van der Waals surface area contributed by atoms with Crippen LogP contribution in [-0.2, 0) is 13.0 Å². The van der Waals surface area contributed by atoms with Crippen molar-refractivity contribution in [2.75, 3.05) is 0 Å². The predicted octanol–water partition coefficient (Wildman–Crippen LogP) is 4.58. The van der Waals surface area contributed by atoms with E-state index >= 15 is 0 Å². The molecule has 0 atom stereocenters. The van der Waals surface area contributed by atoms with Gasteiger partial charge in [-0.05, 0) is 36.6 Å². The van der Waals surface area contributed by atoms with Gasteiger partial charge in [-0.2, -0.15) is 0 Å². The first kappa shape index (κ1) is 14.3. The number of para-hydroxylation sites is 1. The molecule has 0 aliphatic carbocycles. The molecule has 2 aromatic carbocycles. The van der Waals surface area contributed by atoms with Crippen LogP contribution >= 0.6 is 0 Å². The third-order valence-electron chi connectivity index (χ3n) is 4.65. The highest BCUT2D eigenvalue weighted by molar-refractivity contribution is 5.96. The van der Waals surface area contributed by atoms with Crippen LogP contribution in [0.1, 0.15) is 12.0 Å². The van der Waals surface area contributed by atoms with Gasteiger partial charge in [-0.1, -0.05) is 18.2 Å². The molecule has 4 nitrogen and oxygen atoms in total. The standard InChI is InChI=1S/C19H13F2N3O/c20-15-7-6-12(9-16(15)21)18-22-23-19(25-18)14-10-24-8-2-4-11-3-1-5-13(14)17(11)24/h1,3,5-7,9-10H,2,4,8H2. The van der Waals surface area contributed by atoms with Gasteiger partial charge in [-0.15, -0.1) is 10.2 Å². The molecule has 25 heavy (non-hydrogen) atoms. The Labute approximate surface area is 141 Å². The maximum atomic E-state index is 13.4. The Hall–Kier alpha value is -3.02. The molecule has 0 saturated carbocycles. The summed E-state index contributed by atoms with van der Waals surface area (Å²) in [5, 5.41) is 9.18. The molecular weight excluding hydrogens is 324 g/mol. The van der Waals surface area contributed by atoms with Crippen LogP contribution < -0.4 is 0 Å². The van der Waals surface area contributed by atoms with Gasteiger partial charge < -0.3 is 8.98 Å². The molecule has 1 aliphatic heterocycles. The SMILES string of the molecule is Fc1ccc(-c2nnc(-c3cn4c5c(cccc35)CCC4)o2)cc1F. The Bertz CT molecular complexity index is 1110. The van der Waals surface area contributed by atoms with Crippen molar-refractivity contribution < 1.29 is 13.2 Å². The van der Waals surface area contributed by atoms with Crippen LogP contribution in [0.4, 0.5) is 8.78 Å². The third kappa shape index (κ3) is 2.17. The van der Waals surface area contributed by atoms with Gasteiger partial charge in [-0.25, -0.2) is 8.78 Å². The van der Waals surface area contributed by atoms with Gasteiger partial charge in [0.05, 0.1) is 11.1 Å². The molecular formula is C19H13F2N3O. The van der Waals surface area contributed by atoms with Crippen LogP contribution in [0.2, 0.25) is 0 Å². The van der Waals surface area contributed by atoms with Gasteiger partial charge in [-0.3, -0.25) is 0 Å². The van der Waals surface area contributed by atoms with Crippen LogP contribution in [0.25, 0.3) is 33.8 Å². The molecule has 4 aromatic rings. The van der Waals surface area contributed by atoms with Gasteiger partial charge in [0.25, 0.3) is 0 Å². The molecule has 3 heterocycles. The molecule has 0 radical (unpaired) electrons. The van der Waals surface area contributed by atoms with Gasteiger partial charge >= 0.3 is 0 Å². The summed E-state index contributed by atoms with van der Waals surface area (Å²) < 4.78 is 34.5. The van der Waals surface area contributed by atoms with Gasteiger partial charge in [0.2, 0.25) is 11.8 Å². The zero-order chi connectivity index (χ0) is 17.0. The molecule has 0 spiro atoms. The molecule has 0 saturated heterocycles. The number of hydrogen-bond donors (Lipinski definition) is 0. The van der Waals surface area contributed by atoms with Crippen molar-refractivity contribution in [2.45, 2.75) is 19.4 Å². The maximum Gasteiger partial charge on any atom is 0.250 e. The normalized spacial score (nSPS) is 13.5. The lowest BCUT2D eigenvalue weighted by atomic mass is 10.0. The predicted molar refractivity (Wildman–Crippen MR) is 88.9 cm³/mol. The topological polar surface area (TPSA) is 43.9 Å². The molecule has 5 rings (SSSR count). The summed E-state index contributed by atoms with van der Waals surface area (Å²) in [5.41, 5.74) is 3.73. The summed E-state index contributed by atoms with van der Waals surface area (Å²) in [6, 6.07) is 9.74. The Morgan fingerprint density at radius 3 is 2.76 bits per heavy atom. The molecule has 0 N–H and O–H groups in total. The second kappa shape index (κ2) is 5.24. The van der Waals surface area contributed by atoms with Crippen molar-refractivity contribution in [1.29, 1.82) is 0 Å². The monoisotopic (exact) mass is 337 g/mol. The van der Waals surface area contributed by atoms with Crippen LogP contribution in [0.3, 0.4) is 0 Å². The van der Waals surface area contributed by atoms with Crippen molar-refractivity contribution in [1.82, 2.24) is 14.8 Å². The van der Waals surface area contributed by atoms with Crippen LogP contribution in [0, 0.1) is 11.6 Å². The van der Waals surface area contributed by atoms with E-state index in [-0.39, 0.29) is 5.89 Å². The highest BCUT2D eigenvalue weighted by Crippen LogP contribution is 2.35. The quantitative estimate of drug-likeness (QED) is 0.538. The van der Waals surface area contributed by atoms with Crippen molar-refractivity contribution >= 4 is 10.9 Å². The van der Waals surface area contributed by atoms with E-state index < -0.39 is 11.6 Å². The van der Waals surface area contributed by atoms with E-state index in [9.17, 15) is 8.78 Å².